The van der Waals surface area contributed by atoms with E-state index >= 15 is 0 Å². The maximum Gasteiger partial charge on any atom is 0.315 e. The topological polar surface area (TPSA) is 67.2 Å². The standard InChI is InChI=1S/C13H10BrF2N3O2/c1-17-10-3-2-4-11(13(10)19(20)21)18-12-5-7(14)8(15)6-9(12)16/h2-6,17-18H,1H3. The molecule has 0 heterocycles. The lowest BCUT2D eigenvalue weighted by Crippen LogP contribution is -2.02. The third kappa shape index (κ3) is 3.10. The van der Waals surface area contributed by atoms with Crippen molar-refractivity contribution in [2.75, 3.05) is 17.7 Å². The van der Waals surface area contributed by atoms with Crippen molar-refractivity contribution in [3.05, 3.63) is 56.6 Å². The molecule has 0 atom stereocenters. The molecule has 110 valence electrons. The van der Waals surface area contributed by atoms with Crippen LogP contribution in [0.3, 0.4) is 0 Å². The van der Waals surface area contributed by atoms with Gasteiger partial charge in [-0.3, -0.25) is 10.1 Å². The number of benzene rings is 2. The molecule has 0 amide bonds. The van der Waals surface area contributed by atoms with Gasteiger partial charge in [-0.15, -0.1) is 0 Å². The van der Waals surface area contributed by atoms with Crippen LogP contribution in [0.4, 0.5) is 31.5 Å². The first-order chi connectivity index (χ1) is 9.93. The van der Waals surface area contributed by atoms with Gasteiger partial charge < -0.3 is 10.6 Å². The van der Waals surface area contributed by atoms with Gasteiger partial charge in [0.15, 0.2) is 0 Å². The van der Waals surface area contributed by atoms with Gasteiger partial charge in [-0.2, -0.15) is 0 Å². The van der Waals surface area contributed by atoms with Crippen LogP contribution in [0.25, 0.3) is 0 Å². The van der Waals surface area contributed by atoms with E-state index < -0.39 is 16.6 Å². The van der Waals surface area contributed by atoms with Gasteiger partial charge in [-0.1, -0.05) is 6.07 Å². The van der Waals surface area contributed by atoms with E-state index in [9.17, 15) is 18.9 Å². The van der Waals surface area contributed by atoms with Crippen molar-refractivity contribution in [1.29, 1.82) is 0 Å². The summed E-state index contributed by atoms with van der Waals surface area (Å²) < 4.78 is 27.0. The zero-order valence-corrected chi connectivity index (χ0v) is 12.4. The van der Waals surface area contributed by atoms with Gasteiger partial charge in [0.2, 0.25) is 0 Å². The molecule has 2 N–H and O–H groups in total. The second-order valence-electron chi connectivity index (χ2n) is 4.08. The highest BCUT2D eigenvalue weighted by molar-refractivity contribution is 9.10. The largest absolute Gasteiger partial charge is 0.382 e. The smallest absolute Gasteiger partial charge is 0.315 e. The fourth-order valence-corrected chi connectivity index (χ4v) is 2.15. The first-order valence-electron chi connectivity index (χ1n) is 5.80. The van der Waals surface area contributed by atoms with E-state index in [1.54, 1.807) is 13.1 Å². The number of hydrogen-bond acceptors (Lipinski definition) is 4. The first kappa shape index (κ1) is 15.2. The third-order valence-electron chi connectivity index (χ3n) is 2.77. The van der Waals surface area contributed by atoms with Crippen LogP contribution in [0.2, 0.25) is 0 Å². The maximum atomic E-state index is 13.7. The summed E-state index contributed by atoms with van der Waals surface area (Å²) in [6.45, 7) is 0. The van der Waals surface area contributed by atoms with Gasteiger partial charge in [0, 0.05) is 13.1 Å². The summed E-state index contributed by atoms with van der Waals surface area (Å²) in [4.78, 5) is 10.6. The molecule has 2 aromatic carbocycles. The number of halogens is 3. The Balaban J connectivity index is 2.49. The Hall–Kier alpha value is -2.22. The van der Waals surface area contributed by atoms with Crippen molar-refractivity contribution in [2.45, 2.75) is 0 Å². The third-order valence-corrected chi connectivity index (χ3v) is 3.37. The first-order valence-corrected chi connectivity index (χ1v) is 6.60. The van der Waals surface area contributed by atoms with Gasteiger partial charge in [0.25, 0.3) is 0 Å². The summed E-state index contributed by atoms with van der Waals surface area (Å²) >= 11 is 2.94. The minimum Gasteiger partial charge on any atom is -0.382 e. The van der Waals surface area contributed by atoms with Gasteiger partial charge in [-0.25, -0.2) is 8.78 Å². The summed E-state index contributed by atoms with van der Waals surface area (Å²) in [5.41, 5.74) is 0.0929. The number of hydrogen-bond donors (Lipinski definition) is 2. The van der Waals surface area contributed by atoms with E-state index in [0.29, 0.717) is 6.07 Å². The molecule has 0 fully saturated rings. The molecular weight excluding hydrogens is 348 g/mol. The van der Waals surface area contributed by atoms with Crippen LogP contribution in [0.5, 0.6) is 0 Å². The maximum absolute atomic E-state index is 13.7. The Morgan fingerprint density at radius 1 is 1.14 bits per heavy atom. The van der Waals surface area contributed by atoms with Crippen LogP contribution in [0, 0.1) is 21.7 Å². The molecule has 0 saturated carbocycles. The Bertz CT molecular complexity index is 710. The van der Waals surface area contributed by atoms with Crippen molar-refractivity contribution in [3.8, 4) is 0 Å². The molecule has 2 rings (SSSR count). The van der Waals surface area contributed by atoms with Crippen molar-refractivity contribution < 1.29 is 13.7 Å². The number of nitrogens with one attached hydrogen (secondary N) is 2. The van der Waals surface area contributed by atoms with Crippen molar-refractivity contribution >= 4 is 38.7 Å². The molecule has 0 aliphatic heterocycles. The van der Waals surface area contributed by atoms with E-state index in [-0.39, 0.29) is 27.2 Å². The van der Waals surface area contributed by atoms with Crippen molar-refractivity contribution in [1.82, 2.24) is 0 Å². The Morgan fingerprint density at radius 2 is 1.81 bits per heavy atom. The predicted octanol–water partition coefficient (Wildman–Crippen LogP) is 4.42. The molecule has 0 aliphatic carbocycles. The molecule has 8 heteroatoms. The zero-order chi connectivity index (χ0) is 15.6. The molecule has 0 radical (unpaired) electrons. The lowest BCUT2D eigenvalue weighted by molar-refractivity contribution is -0.383. The van der Waals surface area contributed by atoms with E-state index in [0.717, 1.165) is 0 Å². The quantitative estimate of drug-likeness (QED) is 0.482. The molecule has 2 aromatic rings. The van der Waals surface area contributed by atoms with E-state index in [4.69, 9.17) is 0 Å². The van der Waals surface area contributed by atoms with E-state index in [1.807, 2.05) is 0 Å². The minimum atomic E-state index is -0.847. The zero-order valence-electron chi connectivity index (χ0n) is 10.8. The van der Waals surface area contributed by atoms with Crippen LogP contribution in [0.15, 0.2) is 34.8 Å². The fraction of sp³-hybridized carbons (Fsp3) is 0.0769. The second kappa shape index (κ2) is 6.04. The summed E-state index contributed by atoms with van der Waals surface area (Å²) in [5.74, 6) is -1.60. The number of rotatable bonds is 4. The lowest BCUT2D eigenvalue weighted by Gasteiger charge is -2.11. The summed E-state index contributed by atoms with van der Waals surface area (Å²) in [6.07, 6.45) is 0. The Morgan fingerprint density at radius 3 is 2.43 bits per heavy atom. The van der Waals surface area contributed by atoms with Crippen molar-refractivity contribution in [3.63, 3.8) is 0 Å². The summed E-state index contributed by atoms with van der Waals surface area (Å²) in [5, 5.41) is 16.5. The highest BCUT2D eigenvalue weighted by Gasteiger charge is 2.20. The van der Waals surface area contributed by atoms with Gasteiger partial charge >= 0.3 is 5.69 Å². The van der Waals surface area contributed by atoms with Crippen molar-refractivity contribution in [2.24, 2.45) is 0 Å². The fourth-order valence-electron chi connectivity index (χ4n) is 1.81. The molecule has 5 nitrogen and oxygen atoms in total. The molecule has 0 saturated heterocycles. The summed E-state index contributed by atoms with van der Waals surface area (Å²) in [7, 11) is 1.54. The normalized spacial score (nSPS) is 10.3. The van der Waals surface area contributed by atoms with Gasteiger partial charge in [-0.05, 0) is 34.1 Å². The van der Waals surface area contributed by atoms with Crippen LogP contribution in [0.1, 0.15) is 0 Å². The van der Waals surface area contributed by atoms with Crippen LogP contribution >= 0.6 is 15.9 Å². The second-order valence-corrected chi connectivity index (χ2v) is 4.93. The lowest BCUT2D eigenvalue weighted by atomic mass is 10.2. The molecule has 21 heavy (non-hydrogen) atoms. The molecule has 0 unspecified atom stereocenters. The molecular formula is C13H10BrF2N3O2. The number of para-hydroxylation sites is 1. The molecule has 0 aromatic heterocycles. The van der Waals surface area contributed by atoms with Crippen LogP contribution < -0.4 is 10.6 Å². The highest BCUT2D eigenvalue weighted by Crippen LogP contribution is 2.35. The number of nitro groups is 1. The monoisotopic (exact) mass is 357 g/mol. The highest BCUT2D eigenvalue weighted by atomic mass is 79.9. The molecule has 0 bridgehead atoms. The Labute approximate surface area is 127 Å². The average molecular weight is 358 g/mol. The molecule has 0 aliphatic rings. The van der Waals surface area contributed by atoms with Crippen LogP contribution in [-0.2, 0) is 0 Å². The van der Waals surface area contributed by atoms with E-state index in [2.05, 4.69) is 26.6 Å². The van der Waals surface area contributed by atoms with E-state index in [1.165, 1.54) is 18.2 Å². The molecule has 0 spiro atoms. The number of nitrogens with zero attached hydrogens (tertiary/aromatic N) is 1. The summed E-state index contributed by atoms with van der Waals surface area (Å²) in [6, 6.07) is 6.42. The van der Waals surface area contributed by atoms with Gasteiger partial charge in [0.1, 0.15) is 23.0 Å². The number of nitro benzene ring substituents is 1. The Kier molecular flexibility index (Phi) is 4.37. The predicted molar refractivity (Wildman–Crippen MR) is 80.0 cm³/mol. The van der Waals surface area contributed by atoms with Gasteiger partial charge in [0.05, 0.1) is 15.1 Å². The van der Waals surface area contributed by atoms with Crippen LogP contribution in [-0.4, -0.2) is 12.0 Å². The SMILES string of the molecule is CNc1cccc(Nc2cc(Br)c(F)cc2F)c1[N+](=O)[O-]. The number of anilines is 3. The average Bonchev–Trinajstić information content (AvgIpc) is 2.44. The minimum absolute atomic E-state index is 0.0545.